The molecule has 1 aromatic carbocycles. The predicted octanol–water partition coefficient (Wildman–Crippen LogP) is 2.37. The van der Waals surface area contributed by atoms with Gasteiger partial charge < -0.3 is 14.6 Å². The molecule has 7 nitrogen and oxygen atoms in total. The van der Waals surface area contributed by atoms with Crippen LogP contribution in [0.3, 0.4) is 0 Å². The van der Waals surface area contributed by atoms with E-state index in [1.54, 1.807) is 43.0 Å². The lowest BCUT2D eigenvalue weighted by molar-refractivity contribution is -0.126. The first-order chi connectivity index (χ1) is 12.7. The molecular formula is C19H19N5O2. The molecule has 0 saturated heterocycles. The first-order valence-corrected chi connectivity index (χ1v) is 8.49. The topological polar surface area (TPSA) is 87.0 Å². The van der Waals surface area contributed by atoms with Crippen molar-refractivity contribution in [3.05, 3.63) is 72.6 Å². The van der Waals surface area contributed by atoms with Crippen LogP contribution >= 0.6 is 0 Å². The van der Waals surface area contributed by atoms with Crippen molar-refractivity contribution in [3.8, 4) is 5.75 Å². The molecule has 0 spiro atoms. The zero-order valence-corrected chi connectivity index (χ0v) is 14.1. The summed E-state index contributed by atoms with van der Waals surface area (Å²) in [6.07, 6.45) is 9.58. The summed E-state index contributed by atoms with van der Waals surface area (Å²) in [5, 5.41) is 16.8. The number of benzene rings is 1. The molecule has 7 heteroatoms. The van der Waals surface area contributed by atoms with E-state index in [1.165, 1.54) is 0 Å². The van der Waals surface area contributed by atoms with Crippen molar-refractivity contribution in [3.63, 3.8) is 0 Å². The lowest BCUT2D eigenvalue weighted by Crippen LogP contribution is -2.31. The van der Waals surface area contributed by atoms with Crippen molar-refractivity contribution in [2.75, 3.05) is 6.54 Å². The standard InChI is InChI=1S/C19H19N5O2/c25-15-4-1-3-14(11-15)16-12-18(26)24(19(16)17-5-6-21-22-17)9-2-8-23-10-7-20-13-23/h1,3-7,10-13,19,25H,2,8-9H2,(H,21,22). The Balaban J connectivity index is 1.59. The number of aryl methyl sites for hydroxylation is 1. The Bertz CT molecular complexity index is 915. The third kappa shape index (κ3) is 3.11. The monoisotopic (exact) mass is 349 g/mol. The van der Waals surface area contributed by atoms with Crippen molar-refractivity contribution in [2.45, 2.75) is 19.0 Å². The van der Waals surface area contributed by atoms with Crippen molar-refractivity contribution >= 4 is 11.5 Å². The highest BCUT2D eigenvalue weighted by atomic mass is 16.3. The highest BCUT2D eigenvalue weighted by Gasteiger charge is 2.35. The lowest BCUT2D eigenvalue weighted by atomic mass is 9.97. The molecule has 26 heavy (non-hydrogen) atoms. The number of phenolic OH excluding ortho intramolecular Hbond substituents is 1. The van der Waals surface area contributed by atoms with Gasteiger partial charge in [0.05, 0.1) is 18.1 Å². The molecule has 0 radical (unpaired) electrons. The number of rotatable bonds is 6. The molecule has 4 rings (SSSR count). The van der Waals surface area contributed by atoms with Gasteiger partial charge in [0.25, 0.3) is 0 Å². The van der Waals surface area contributed by atoms with Gasteiger partial charge in [-0.05, 0) is 35.8 Å². The normalized spacial score (nSPS) is 16.9. The second kappa shape index (κ2) is 6.87. The molecule has 2 N–H and O–H groups in total. The first kappa shape index (κ1) is 16.1. The van der Waals surface area contributed by atoms with E-state index in [-0.39, 0.29) is 17.7 Å². The van der Waals surface area contributed by atoms with Crippen LogP contribution in [0.15, 0.2) is 61.3 Å². The van der Waals surface area contributed by atoms with E-state index in [4.69, 9.17) is 0 Å². The van der Waals surface area contributed by atoms with Gasteiger partial charge in [-0.2, -0.15) is 5.10 Å². The Kier molecular flexibility index (Phi) is 4.27. The molecule has 132 valence electrons. The van der Waals surface area contributed by atoms with Crippen LogP contribution in [0.2, 0.25) is 0 Å². The van der Waals surface area contributed by atoms with Crippen LogP contribution in [0.4, 0.5) is 0 Å². The van der Waals surface area contributed by atoms with Crippen LogP contribution < -0.4 is 0 Å². The molecule has 1 unspecified atom stereocenters. The fourth-order valence-corrected chi connectivity index (χ4v) is 3.35. The van der Waals surface area contributed by atoms with Crippen molar-refractivity contribution < 1.29 is 9.90 Å². The minimum atomic E-state index is -0.241. The molecule has 3 heterocycles. The Morgan fingerprint density at radius 1 is 1.19 bits per heavy atom. The molecule has 1 aliphatic heterocycles. The van der Waals surface area contributed by atoms with Crippen LogP contribution in [0, 0.1) is 0 Å². The maximum Gasteiger partial charge on any atom is 0.247 e. The maximum absolute atomic E-state index is 12.7. The van der Waals surface area contributed by atoms with E-state index in [9.17, 15) is 9.90 Å². The van der Waals surface area contributed by atoms with Gasteiger partial charge in [-0.3, -0.25) is 9.89 Å². The van der Waals surface area contributed by atoms with Crippen LogP contribution in [-0.4, -0.2) is 42.2 Å². The van der Waals surface area contributed by atoms with E-state index >= 15 is 0 Å². The van der Waals surface area contributed by atoms with Gasteiger partial charge in [-0.1, -0.05) is 12.1 Å². The number of nitrogens with zero attached hydrogens (tertiary/aromatic N) is 4. The Morgan fingerprint density at radius 3 is 2.85 bits per heavy atom. The van der Waals surface area contributed by atoms with Gasteiger partial charge >= 0.3 is 0 Å². The van der Waals surface area contributed by atoms with Gasteiger partial charge in [0.15, 0.2) is 0 Å². The van der Waals surface area contributed by atoms with E-state index < -0.39 is 0 Å². The lowest BCUT2D eigenvalue weighted by Gasteiger charge is -2.26. The average molecular weight is 349 g/mol. The Hall–Kier alpha value is -3.35. The maximum atomic E-state index is 12.7. The van der Waals surface area contributed by atoms with Crippen molar-refractivity contribution in [2.24, 2.45) is 0 Å². The zero-order valence-electron chi connectivity index (χ0n) is 14.1. The molecule has 1 aliphatic rings. The fourth-order valence-electron chi connectivity index (χ4n) is 3.35. The summed E-state index contributed by atoms with van der Waals surface area (Å²) in [4.78, 5) is 18.5. The minimum absolute atomic E-state index is 0.0337. The molecule has 3 aromatic rings. The van der Waals surface area contributed by atoms with E-state index in [0.29, 0.717) is 6.54 Å². The Morgan fingerprint density at radius 2 is 2.12 bits per heavy atom. The summed E-state index contributed by atoms with van der Waals surface area (Å²) >= 11 is 0. The molecule has 0 saturated carbocycles. The number of hydrogen-bond donors (Lipinski definition) is 2. The van der Waals surface area contributed by atoms with Gasteiger partial charge in [-0.25, -0.2) is 4.98 Å². The summed E-state index contributed by atoms with van der Waals surface area (Å²) < 4.78 is 2.00. The van der Waals surface area contributed by atoms with Crippen LogP contribution in [0.1, 0.15) is 23.7 Å². The van der Waals surface area contributed by atoms with E-state index in [1.807, 2.05) is 27.8 Å². The van der Waals surface area contributed by atoms with Crippen LogP contribution in [0.5, 0.6) is 5.75 Å². The van der Waals surface area contributed by atoms with Gasteiger partial charge in [0.2, 0.25) is 5.91 Å². The van der Waals surface area contributed by atoms with E-state index in [0.717, 1.165) is 29.8 Å². The number of carbonyl (C=O) groups is 1. The SMILES string of the molecule is O=C1C=C(c2cccc(O)c2)C(c2ccn[nH]2)N1CCCn1ccnc1. The number of imidazole rings is 1. The zero-order chi connectivity index (χ0) is 17.9. The smallest absolute Gasteiger partial charge is 0.247 e. The van der Waals surface area contributed by atoms with Crippen LogP contribution in [0.25, 0.3) is 5.57 Å². The summed E-state index contributed by atoms with van der Waals surface area (Å²) in [6.45, 7) is 1.40. The van der Waals surface area contributed by atoms with Crippen molar-refractivity contribution in [1.82, 2.24) is 24.6 Å². The number of aromatic nitrogens is 4. The summed E-state index contributed by atoms with van der Waals surface area (Å²) in [5.74, 6) is 0.145. The fraction of sp³-hybridized carbons (Fsp3) is 0.211. The number of carbonyl (C=O) groups excluding carboxylic acids is 1. The molecule has 1 atom stereocenters. The van der Waals surface area contributed by atoms with Crippen molar-refractivity contribution in [1.29, 1.82) is 0 Å². The Labute approximate surface area is 150 Å². The first-order valence-electron chi connectivity index (χ1n) is 8.49. The number of phenols is 1. The van der Waals surface area contributed by atoms with Gasteiger partial charge in [-0.15, -0.1) is 0 Å². The molecular weight excluding hydrogens is 330 g/mol. The highest BCUT2D eigenvalue weighted by molar-refractivity contribution is 6.02. The number of H-pyrrole nitrogens is 1. The largest absolute Gasteiger partial charge is 0.508 e. The third-order valence-corrected chi connectivity index (χ3v) is 4.54. The summed E-state index contributed by atoms with van der Waals surface area (Å²) in [5.41, 5.74) is 2.54. The quantitative estimate of drug-likeness (QED) is 0.715. The van der Waals surface area contributed by atoms with Crippen LogP contribution in [-0.2, 0) is 11.3 Å². The molecule has 0 bridgehead atoms. The summed E-state index contributed by atoms with van der Waals surface area (Å²) in [7, 11) is 0. The number of hydrogen-bond acceptors (Lipinski definition) is 4. The minimum Gasteiger partial charge on any atom is -0.508 e. The van der Waals surface area contributed by atoms with Gasteiger partial charge in [0.1, 0.15) is 5.75 Å². The molecule has 1 amide bonds. The third-order valence-electron chi connectivity index (χ3n) is 4.54. The molecule has 0 fully saturated rings. The summed E-state index contributed by atoms with van der Waals surface area (Å²) in [6, 6.07) is 8.61. The second-order valence-corrected chi connectivity index (χ2v) is 6.25. The highest BCUT2D eigenvalue weighted by Crippen LogP contribution is 2.39. The second-order valence-electron chi connectivity index (χ2n) is 6.25. The van der Waals surface area contributed by atoms with Gasteiger partial charge in [0, 0.05) is 37.8 Å². The number of amides is 1. The number of aromatic amines is 1. The number of aromatic hydroxyl groups is 1. The molecule has 0 aliphatic carbocycles. The number of nitrogens with one attached hydrogen (secondary N) is 1. The van der Waals surface area contributed by atoms with E-state index in [2.05, 4.69) is 15.2 Å². The molecule has 2 aromatic heterocycles. The average Bonchev–Trinajstić information content (AvgIpc) is 3.37. The predicted molar refractivity (Wildman–Crippen MR) is 96.0 cm³/mol.